The Hall–Kier alpha value is -5.22. The Morgan fingerprint density at radius 2 is 1.65 bits per heavy atom. The van der Waals surface area contributed by atoms with E-state index in [-0.39, 0.29) is 11.6 Å². The quantitative estimate of drug-likeness (QED) is 0.250. The van der Waals surface area contributed by atoms with Gasteiger partial charge < -0.3 is 10.2 Å². The van der Waals surface area contributed by atoms with Gasteiger partial charge in [-0.2, -0.15) is 5.26 Å². The minimum absolute atomic E-state index is 0.185. The molecule has 0 fully saturated rings. The molecule has 1 N–H and O–H groups in total. The van der Waals surface area contributed by atoms with Gasteiger partial charge in [-0.15, -0.1) is 0 Å². The molecule has 0 radical (unpaired) electrons. The van der Waals surface area contributed by atoms with Gasteiger partial charge in [-0.25, -0.2) is 9.78 Å². The molecular formula is C33H29N5O2. The van der Waals surface area contributed by atoms with E-state index in [1.54, 1.807) is 39.8 Å². The fraction of sp³-hybridized carbons (Fsp3) is 0.152. The van der Waals surface area contributed by atoms with Crippen molar-refractivity contribution in [3.05, 3.63) is 136 Å². The van der Waals surface area contributed by atoms with Crippen molar-refractivity contribution in [1.29, 1.82) is 5.26 Å². The molecule has 7 heteroatoms. The second kappa shape index (κ2) is 12.1. The van der Waals surface area contributed by atoms with Gasteiger partial charge in [0.15, 0.2) is 0 Å². The first-order valence-electron chi connectivity index (χ1n) is 13.3. The largest absolute Gasteiger partial charge is 0.322 e. The molecular weight excluding hydrogens is 498 g/mol. The molecule has 0 aliphatic rings. The second-order valence-corrected chi connectivity index (χ2v) is 9.44. The normalized spacial score (nSPS) is 11.5. The number of amides is 2. The van der Waals surface area contributed by atoms with Crippen molar-refractivity contribution >= 4 is 22.6 Å². The Labute approximate surface area is 233 Å². The molecule has 5 rings (SSSR count). The molecule has 0 bridgehead atoms. The van der Waals surface area contributed by atoms with E-state index >= 15 is 0 Å². The molecule has 1 atom stereocenters. The van der Waals surface area contributed by atoms with Gasteiger partial charge in [0.05, 0.1) is 34.3 Å². The Balaban J connectivity index is 1.62. The van der Waals surface area contributed by atoms with Crippen molar-refractivity contribution in [3.8, 4) is 11.8 Å². The van der Waals surface area contributed by atoms with Gasteiger partial charge in [-0.05, 0) is 60.9 Å². The van der Waals surface area contributed by atoms with Gasteiger partial charge in [0, 0.05) is 12.2 Å². The van der Waals surface area contributed by atoms with Gasteiger partial charge in [0.1, 0.15) is 5.82 Å². The number of hydrogen-bond acceptors (Lipinski definition) is 4. The number of nitrogens with one attached hydrogen (secondary N) is 1. The van der Waals surface area contributed by atoms with Crippen molar-refractivity contribution in [1.82, 2.24) is 14.5 Å². The lowest BCUT2D eigenvalue weighted by atomic mass is 10.1. The SMILES string of the molecule is CCC(c1nc2ccccc2c(=O)n1-c1ccccc1)N(CCc1ccccc1)C(=O)Nc1cccc(C#N)c1. The first-order chi connectivity index (χ1) is 19.6. The summed E-state index contributed by atoms with van der Waals surface area (Å²) in [5.74, 6) is 0.492. The predicted octanol–water partition coefficient (Wildman–Crippen LogP) is 6.49. The summed E-state index contributed by atoms with van der Waals surface area (Å²) in [4.78, 5) is 34.5. The highest BCUT2D eigenvalue weighted by atomic mass is 16.2. The maximum Gasteiger partial charge on any atom is 0.322 e. The monoisotopic (exact) mass is 527 g/mol. The molecule has 1 heterocycles. The number of anilines is 1. The molecule has 4 aromatic carbocycles. The summed E-state index contributed by atoms with van der Waals surface area (Å²) in [5.41, 5.74) is 3.15. The van der Waals surface area contributed by atoms with E-state index in [9.17, 15) is 14.9 Å². The van der Waals surface area contributed by atoms with Crippen LogP contribution < -0.4 is 10.9 Å². The molecule has 198 valence electrons. The lowest BCUT2D eigenvalue weighted by Gasteiger charge is -2.32. The first kappa shape index (κ1) is 26.4. The van der Waals surface area contributed by atoms with Crippen molar-refractivity contribution in [2.75, 3.05) is 11.9 Å². The fourth-order valence-corrected chi connectivity index (χ4v) is 4.90. The highest BCUT2D eigenvalue weighted by Gasteiger charge is 2.29. The number of nitrogens with zero attached hydrogens (tertiary/aromatic N) is 4. The molecule has 0 aliphatic heterocycles. The van der Waals surface area contributed by atoms with E-state index in [1.165, 1.54) is 0 Å². The standard InChI is InChI=1S/C33H29N5O2/c1-2-30(31-36-29-19-10-9-18-28(29)32(39)38(31)27-16-7-4-8-17-27)37(21-20-24-12-5-3-6-13-24)33(40)35-26-15-11-14-25(22-26)23-34/h3-19,22,30H,2,20-21H2,1H3,(H,35,40). The number of rotatable bonds is 8. The summed E-state index contributed by atoms with van der Waals surface area (Å²) >= 11 is 0. The summed E-state index contributed by atoms with van der Waals surface area (Å²) in [6.07, 6.45) is 1.14. The third-order valence-electron chi connectivity index (χ3n) is 6.87. The summed E-state index contributed by atoms with van der Waals surface area (Å²) in [7, 11) is 0. The molecule has 5 aromatic rings. The molecule has 0 saturated heterocycles. The number of carbonyl (C=O) groups excluding carboxylic acids is 1. The average molecular weight is 528 g/mol. The van der Waals surface area contributed by atoms with E-state index < -0.39 is 6.04 Å². The van der Waals surface area contributed by atoms with Crippen LogP contribution in [0.3, 0.4) is 0 Å². The van der Waals surface area contributed by atoms with Crippen LogP contribution >= 0.6 is 0 Å². The first-order valence-corrected chi connectivity index (χ1v) is 13.3. The zero-order chi connectivity index (χ0) is 27.9. The number of para-hydroxylation sites is 2. The summed E-state index contributed by atoms with van der Waals surface area (Å²) in [6, 6.07) is 34.7. The third-order valence-corrected chi connectivity index (χ3v) is 6.87. The zero-order valence-electron chi connectivity index (χ0n) is 22.2. The lowest BCUT2D eigenvalue weighted by molar-refractivity contribution is 0.182. The number of nitriles is 1. The Morgan fingerprint density at radius 1 is 0.950 bits per heavy atom. The zero-order valence-corrected chi connectivity index (χ0v) is 22.2. The highest BCUT2D eigenvalue weighted by molar-refractivity contribution is 5.90. The Bertz CT molecular complexity index is 1730. The average Bonchev–Trinajstić information content (AvgIpc) is 3.00. The minimum Gasteiger partial charge on any atom is -0.314 e. The van der Waals surface area contributed by atoms with E-state index in [0.29, 0.717) is 53.1 Å². The molecule has 2 amide bonds. The van der Waals surface area contributed by atoms with E-state index in [2.05, 4.69) is 11.4 Å². The van der Waals surface area contributed by atoms with Crippen LogP contribution in [0.4, 0.5) is 10.5 Å². The van der Waals surface area contributed by atoms with Gasteiger partial charge in [-0.3, -0.25) is 9.36 Å². The van der Waals surface area contributed by atoms with E-state index in [4.69, 9.17) is 4.98 Å². The number of aromatic nitrogens is 2. The Kier molecular flexibility index (Phi) is 7.98. The van der Waals surface area contributed by atoms with Gasteiger partial charge in [0.25, 0.3) is 5.56 Å². The maximum absolute atomic E-state index is 13.9. The second-order valence-electron chi connectivity index (χ2n) is 9.44. The van der Waals surface area contributed by atoms with E-state index in [0.717, 1.165) is 5.56 Å². The van der Waals surface area contributed by atoms with Crippen LogP contribution in [0.25, 0.3) is 16.6 Å². The van der Waals surface area contributed by atoms with Crippen molar-refractivity contribution < 1.29 is 4.79 Å². The van der Waals surface area contributed by atoms with Gasteiger partial charge in [-0.1, -0.05) is 73.7 Å². The summed E-state index contributed by atoms with van der Waals surface area (Å²) in [6.45, 7) is 2.38. The number of fused-ring (bicyclic) bond motifs is 1. The topological polar surface area (TPSA) is 91.0 Å². The maximum atomic E-state index is 13.9. The summed E-state index contributed by atoms with van der Waals surface area (Å²) < 4.78 is 1.62. The third kappa shape index (κ3) is 5.62. The van der Waals surface area contributed by atoms with Crippen LogP contribution in [-0.4, -0.2) is 27.0 Å². The smallest absolute Gasteiger partial charge is 0.314 e. The van der Waals surface area contributed by atoms with E-state index in [1.807, 2.05) is 85.8 Å². The molecule has 1 unspecified atom stereocenters. The van der Waals surface area contributed by atoms with Gasteiger partial charge >= 0.3 is 6.03 Å². The minimum atomic E-state index is -0.514. The lowest BCUT2D eigenvalue weighted by Crippen LogP contribution is -2.42. The predicted molar refractivity (Wildman–Crippen MR) is 157 cm³/mol. The molecule has 0 aliphatic carbocycles. The number of benzene rings is 4. The van der Waals surface area contributed by atoms with Gasteiger partial charge in [0.2, 0.25) is 0 Å². The van der Waals surface area contributed by atoms with Crippen LogP contribution in [0.15, 0.2) is 114 Å². The Morgan fingerprint density at radius 3 is 2.38 bits per heavy atom. The molecule has 40 heavy (non-hydrogen) atoms. The van der Waals surface area contributed by atoms with Crippen LogP contribution in [0, 0.1) is 11.3 Å². The molecule has 1 aromatic heterocycles. The number of urea groups is 1. The molecule has 0 saturated carbocycles. The molecule has 0 spiro atoms. The fourth-order valence-electron chi connectivity index (χ4n) is 4.90. The van der Waals surface area contributed by atoms with Crippen LogP contribution in [0.2, 0.25) is 0 Å². The molecule has 7 nitrogen and oxygen atoms in total. The summed E-state index contributed by atoms with van der Waals surface area (Å²) in [5, 5.41) is 12.8. The van der Waals surface area contributed by atoms with Crippen LogP contribution in [-0.2, 0) is 6.42 Å². The van der Waals surface area contributed by atoms with Crippen molar-refractivity contribution in [2.24, 2.45) is 0 Å². The van der Waals surface area contributed by atoms with Crippen molar-refractivity contribution in [2.45, 2.75) is 25.8 Å². The number of carbonyl (C=O) groups is 1. The van der Waals surface area contributed by atoms with Crippen LogP contribution in [0.1, 0.15) is 36.3 Å². The highest BCUT2D eigenvalue weighted by Crippen LogP contribution is 2.27. The number of hydrogen-bond donors (Lipinski definition) is 1. The van der Waals surface area contributed by atoms with Crippen molar-refractivity contribution in [3.63, 3.8) is 0 Å². The van der Waals surface area contributed by atoms with Crippen LogP contribution in [0.5, 0.6) is 0 Å².